The van der Waals surface area contributed by atoms with Gasteiger partial charge in [-0.25, -0.2) is 0 Å². The third kappa shape index (κ3) is 3.39. The van der Waals surface area contributed by atoms with E-state index >= 15 is 0 Å². The van der Waals surface area contributed by atoms with Gasteiger partial charge in [-0.05, 0) is 30.5 Å². The number of nitrogens with zero attached hydrogens (tertiary/aromatic N) is 4. The maximum absolute atomic E-state index is 13.1. The van der Waals surface area contributed by atoms with Crippen LogP contribution in [-0.2, 0) is 11.2 Å². The van der Waals surface area contributed by atoms with Crippen molar-refractivity contribution in [2.24, 2.45) is 0 Å². The summed E-state index contributed by atoms with van der Waals surface area (Å²) >= 11 is 0. The maximum atomic E-state index is 13.1. The maximum Gasteiger partial charge on any atom is 0.255 e. The van der Waals surface area contributed by atoms with E-state index in [0.29, 0.717) is 25.3 Å². The second-order valence-electron chi connectivity index (χ2n) is 6.27. The minimum atomic E-state index is 0.0297. The van der Waals surface area contributed by atoms with Gasteiger partial charge in [-0.1, -0.05) is 30.3 Å². The molecule has 0 radical (unpaired) electrons. The molecular formula is C19H20N4O2. The monoisotopic (exact) mass is 336 g/mol. The first-order valence-electron chi connectivity index (χ1n) is 8.53. The Morgan fingerprint density at radius 1 is 1.24 bits per heavy atom. The van der Waals surface area contributed by atoms with Crippen LogP contribution in [0.15, 0.2) is 55.0 Å². The molecule has 2 aromatic heterocycles. The molecule has 0 N–H and O–H groups in total. The normalized spacial score (nSPS) is 17.0. The van der Waals surface area contributed by atoms with Crippen molar-refractivity contribution < 1.29 is 9.53 Å². The smallest absolute Gasteiger partial charge is 0.255 e. The number of carbonyl (C=O) groups is 1. The summed E-state index contributed by atoms with van der Waals surface area (Å²) < 4.78 is 7.29. The van der Waals surface area contributed by atoms with Crippen molar-refractivity contribution in [3.05, 3.63) is 66.1 Å². The molecule has 6 heteroatoms. The van der Waals surface area contributed by atoms with Gasteiger partial charge in [0.2, 0.25) is 0 Å². The standard InChI is InChI=1S/C19H20N4O2/c24-19(16-6-7-18-21-20-14-22(18)12-16)23(17-9-11-25-13-17)10-8-15-4-2-1-3-5-15/h1-7,12,14,17H,8-11,13H2/t17-/m0/s1. The molecule has 4 rings (SSSR count). The molecule has 0 bridgehead atoms. The van der Waals surface area contributed by atoms with Crippen LogP contribution in [0.2, 0.25) is 0 Å². The Bertz CT molecular complexity index is 856. The fourth-order valence-corrected chi connectivity index (χ4v) is 3.23. The highest BCUT2D eigenvalue weighted by Gasteiger charge is 2.28. The number of fused-ring (bicyclic) bond motifs is 1. The number of benzene rings is 1. The fourth-order valence-electron chi connectivity index (χ4n) is 3.23. The average Bonchev–Trinajstić information content (AvgIpc) is 3.34. The predicted molar refractivity (Wildman–Crippen MR) is 93.4 cm³/mol. The Kier molecular flexibility index (Phi) is 4.43. The molecule has 1 aromatic carbocycles. The van der Waals surface area contributed by atoms with Gasteiger partial charge in [0.25, 0.3) is 5.91 Å². The number of hydrogen-bond donors (Lipinski definition) is 0. The zero-order chi connectivity index (χ0) is 17.1. The minimum Gasteiger partial charge on any atom is -0.379 e. The first-order valence-corrected chi connectivity index (χ1v) is 8.53. The van der Waals surface area contributed by atoms with Crippen LogP contribution < -0.4 is 0 Å². The highest BCUT2D eigenvalue weighted by atomic mass is 16.5. The van der Waals surface area contributed by atoms with Crippen molar-refractivity contribution in [3.8, 4) is 0 Å². The largest absolute Gasteiger partial charge is 0.379 e. The van der Waals surface area contributed by atoms with E-state index in [4.69, 9.17) is 4.74 Å². The third-order valence-corrected chi connectivity index (χ3v) is 4.63. The van der Waals surface area contributed by atoms with Gasteiger partial charge in [0, 0.05) is 19.3 Å². The summed E-state index contributed by atoms with van der Waals surface area (Å²) in [7, 11) is 0. The molecule has 128 valence electrons. The quantitative estimate of drug-likeness (QED) is 0.717. The van der Waals surface area contributed by atoms with Crippen LogP contribution in [0.25, 0.3) is 5.65 Å². The Labute approximate surface area is 146 Å². The molecule has 0 unspecified atom stereocenters. The summed E-state index contributed by atoms with van der Waals surface area (Å²) in [5.74, 6) is 0.0297. The summed E-state index contributed by atoms with van der Waals surface area (Å²) in [6, 6.07) is 14.0. The summed E-state index contributed by atoms with van der Waals surface area (Å²) in [5.41, 5.74) is 2.61. The first kappa shape index (κ1) is 15.8. The van der Waals surface area contributed by atoms with E-state index in [1.54, 1.807) is 16.9 Å². The molecule has 3 aromatic rings. The van der Waals surface area contributed by atoms with Crippen molar-refractivity contribution in [2.75, 3.05) is 19.8 Å². The first-order chi connectivity index (χ1) is 12.3. The lowest BCUT2D eigenvalue weighted by molar-refractivity contribution is 0.0656. The molecule has 1 amide bonds. The summed E-state index contributed by atoms with van der Waals surface area (Å²) in [6.07, 6.45) is 5.12. The van der Waals surface area contributed by atoms with E-state index in [-0.39, 0.29) is 11.9 Å². The molecular weight excluding hydrogens is 316 g/mol. The number of rotatable bonds is 5. The van der Waals surface area contributed by atoms with Crippen molar-refractivity contribution in [3.63, 3.8) is 0 Å². The van der Waals surface area contributed by atoms with Gasteiger partial charge >= 0.3 is 0 Å². The molecule has 1 saturated heterocycles. The number of ether oxygens (including phenoxy) is 1. The van der Waals surface area contributed by atoms with Crippen LogP contribution in [0.3, 0.4) is 0 Å². The molecule has 6 nitrogen and oxygen atoms in total. The lowest BCUT2D eigenvalue weighted by Gasteiger charge is -2.28. The zero-order valence-electron chi connectivity index (χ0n) is 13.9. The number of amides is 1. The molecule has 1 atom stereocenters. The number of hydrogen-bond acceptors (Lipinski definition) is 4. The van der Waals surface area contributed by atoms with Crippen molar-refractivity contribution in [1.29, 1.82) is 0 Å². The van der Waals surface area contributed by atoms with E-state index in [9.17, 15) is 4.79 Å². The Balaban J connectivity index is 1.56. The van der Waals surface area contributed by atoms with Crippen LogP contribution in [0.4, 0.5) is 0 Å². The van der Waals surface area contributed by atoms with Gasteiger partial charge in [-0.15, -0.1) is 10.2 Å². The van der Waals surface area contributed by atoms with E-state index in [1.165, 1.54) is 5.56 Å². The fraction of sp³-hybridized carbons (Fsp3) is 0.316. The van der Waals surface area contributed by atoms with Crippen LogP contribution in [0, 0.1) is 0 Å². The van der Waals surface area contributed by atoms with E-state index in [0.717, 1.165) is 18.5 Å². The van der Waals surface area contributed by atoms with Crippen molar-refractivity contribution in [1.82, 2.24) is 19.5 Å². The third-order valence-electron chi connectivity index (χ3n) is 4.63. The molecule has 1 fully saturated rings. The molecule has 0 aliphatic carbocycles. The lowest BCUT2D eigenvalue weighted by Crippen LogP contribution is -2.42. The van der Waals surface area contributed by atoms with E-state index in [1.807, 2.05) is 35.2 Å². The number of pyridine rings is 1. The number of aromatic nitrogens is 3. The molecule has 1 aliphatic rings. The Morgan fingerprint density at radius 3 is 2.92 bits per heavy atom. The number of carbonyl (C=O) groups excluding carboxylic acids is 1. The van der Waals surface area contributed by atoms with E-state index in [2.05, 4.69) is 22.3 Å². The van der Waals surface area contributed by atoms with Gasteiger partial charge in [0.15, 0.2) is 5.65 Å². The predicted octanol–water partition coefficient (Wildman–Crippen LogP) is 2.20. The SMILES string of the molecule is O=C(c1ccc2nncn2c1)N(CCc1ccccc1)[C@H]1CCOC1. The van der Waals surface area contributed by atoms with Gasteiger partial charge < -0.3 is 9.64 Å². The molecule has 3 heterocycles. The average molecular weight is 336 g/mol. The second-order valence-corrected chi connectivity index (χ2v) is 6.27. The van der Waals surface area contributed by atoms with Crippen LogP contribution in [0.5, 0.6) is 0 Å². The topological polar surface area (TPSA) is 59.7 Å². The highest BCUT2D eigenvalue weighted by Crippen LogP contribution is 2.17. The molecule has 0 saturated carbocycles. The van der Waals surface area contributed by atoms with Gasteiger partial charge in [0.05, 0.1) is 18.2 Å². The minimum absolute atomic E-state index is 0.0297. The Morgan fingerprint density at radius 2 is 2.12 bits per heavy atom. The molecule has 25 heavy (non-hydrogen) atoms. The zero-order valence-corrected chi connectivity index (χ0v) is 13.9. The van der Waals surface area contributed by atoms with Crippen molar-refractivity contribution in [2.45, 2.75) is 18.9 Å². The summed E-state index contributed by atoms with van der Waals surface area (Å²) in [6.45, 7) is 2.00. The lowest BCUT2D eigenvalue weighted by atomic mass is 10.1. The van der Waals surface area contributed by atoms with Crippen molar-refractivity contribution >= 4 is 11.6 Å². The second kappa shape index (κ2) is 7.03. The van der Waals surface area contributed by atoms with Crippen LogP contribution in [-0.4, -0.2) is 51.2 Å². The Hall–Kier alpha value is -2.73. The van der Waals surface area contributed by atoms with E-state index < -0.39 is 0 Å². The molecule has 1 aliphatic heterocycles. The highest BCUT2D eigenvalue weighted by molar-refractivity contribution is 5.94. The molecule has 0 spiro atoms. The summed E-state index contributed by atoms with van der Waals surface area (Å²) in [5, 5.41) is 7.85. The summed E-state index contributed by atoms with van der Waals surface area (Å²) in [4.78, 5) is 15.1. The van der Waals surface area contributed by atoms with Gasteiger partial charge in [-0.3, -0.25) is 9.20 Å². The van der Waals surface area contributed by atoms with Gasteiger partial charge in [0.1, 0.15) is 6.33 Å². The van der Waals surface area contributed by atoms with Gasteiger partial charge in [-0.2, -0.15) is 0 Å². The van der Waals surface area contributed by atoms with Crippen LogP contribution >= 0.6 is 0 Å². The van der Waals surface area contributed by atoms with Crippen LogP contribution in [0.1, 0.15) is 22.3 Å².